The second kappa shape index (κ2) is 5.77. The van der Waals surface area contributed by atoms with Crippen LogP contribution in [0.5, 0.6) is 0 Å². The van der Waals surface area contributed by atoms with Crippen LogP contribution in [0.4, 0.5) is 0 Å². The second-order valence-corrected chi connectivity index (χ2v) is 4.01. The molecule has 1 nitrogen and oxygen atoms in total. The van der Waals surface area contributed by atoms with E-state index in [0.29, 0.717) is 0 Å². The van der Waals surface area contributed by atoms with Gasteiger partial charge in [0.05, 0.1) is 0 Å². The van der Waals surface area contributed by atoms with Crippen molar-refractivity contribution in [2.45, 2.75) is 6.82 Å². The number of rotatable bonds is 5. The molecule has 0 N–H and O–H groups in total. The van der Waals surface area contributed by atoms with Gasteiger partial charge in [0.25, 0.3) is 0 Å². The summed E-state index contributed by atoms with van der Waals surface area (Å²) in [5, 5.41) is 0. The van der Waals surface area contributed by atoms with Gasteiger partial charge >= 0.3 is 98.9 Å². The first-order chi connectivity index (χ1) is 7.21. The molecule has 1 aromatic rings. The Bertz CT molecular complexity index is 359. The van der Waals surface area contributed by atoms with E-state index in [2.05, 4.69) is 41.3 Å². The molecule has 0 aliphatic rings. The Hall–Kier alpha value is -0.201. The first-order valence-electron chi connectivity index (χ1n) is 6.02. The standard InChI is InChI=1S/C6H15B8N/c1-10-14-4-3(11-7)5(12-8)15(2)6(4)13-9/h9-12,14H,7-8H2,1-2H3. The summed E-state index contributed by atoms with van der Waals surface area (Å²) in [5.41, 5.74) is 5.88. The molecule has 0 atom stereocenters. The molecule has 1 aromatic heterocycles. The van der Waals surface area contributed by atoms with Gasteiger partial charge in [-0.2, -0.15) is 0 Å². The van der Waals surface area contributed by atoms with Gasteiger partial charge in [0.15, 0.2) is 0 Å². The molecule has 0 aliphatic heterocycles. The summed E-state index contributed by atoms with van der Waals surface area (Å²) in [4.78, 5) is 0. The fourth-order valence-electron chi connectivity index (χ4n) is 2.54. The van der Waals surface area contributed by atoms with E-state index in [1.165, 1.54) is 31.0 Å². The van der Waals surface area contributed by atoms with E-state index in [9.17, 15) is 0 Å². The van der Waals surface area contributed by atoms with E-state index in [0.717, 1.165) is 14.3 Å². The zero-order chi connectivity index (χ0) is 11.4. The van der Waals surface area contributed by atoms with E-state index in [4.69, 9.17) is 0 Å². The topological polar surface area (TPSA) is 4.93 Å². The fraction of sp³-hybridized carbons (Fsp3) is 0.333. The van der Waals surface area contributed by atoms with Gasteiger partial charge in [-0.3, -0.25) is 0 Å². The van der Waals surface area contributed by atoms with Crippen molar-refractivity contribution in [2.75, 3.05) is 0 Å². The molecule has 15 heavy (non-hydrogen) atoms. The van der Waals surface area contributed by atoms with Gasteiger partial charge in [0.2, 0.25) is 0 Å². The van der Waals surface area contributed by atoms with Gasteiger partial charge in [-0.05, 0) is 0 Å². The van der Waals surface area contributed by atoms with Crippen LogP contribution >= 0.6 is 0 Å². The third kappa shape index (κ3) is 2.32. The molecule has 0 radical (unpaired) electrons. The van der Waals surface area contributed by atoms with E-state index in [1.807, 2.05) is 6.80 Å². The molecule has 1 heterocycles. The van der Waals surface area contributed by atoms with Crippen LogP contribution in [0.2, 0.25) is 6.82 Å². The number of hydrogen-bond acceptors (Lipinski definition) is 0. The molecular weight excluding hydrogens is 173 g/mol. The minimum atomic E-state index is 1.12. The Morgan fingerprint density at radius 3 is 2.33 bits per heavy atom. The molecule has 0 spiro atoms. The van der Waals surface area contributed by atoms with Gasteiger partial charge in [-0.15, -0.1) is 0 Å². The van der Waals surface area contributed by atoms with Crippen LogP contribution in [-0.4, -0.2) is 62.9 Å². The summed E-state index contributed by atoms with van der Waals surface area (Å²) in [5.74, 6) is 0. The fourth-order valence-corrected chi connectivity index (χ4v) is 2.54. The number of nitrogens with zero attached hydrogens (tertiary/aromatic N) is 1. The molecule has 0 fully saturated rings. The zero-order valence-electron chi connectivity index (χ0n) is 10.6. The molecule has 1 rings (SSSR count). The Morgan fingerprint density at radius 2 is 1.93 bits per heavy atom. The third-order valence-electron chi connectivity index (χ3n) is 3.17. The quantitative estimate of drug-likeness (QED) is 0.404. The van der Waals surface area contributed by atoms with Crippen molar-refractivity contribution in [3.63, 3.8) is 0 Å². The predicted octanol–water partition coefficient (Wildman–Crippen LogP) is -7.15. The summed E-state index contributed by atoms with van der Waals surface area (Å²) in [6.45, 7) is 4.24. The van der Waals surface area contributed by atoms with Gasteiger partial charge in [-0.1, -0.05) is 0 Å². The van der Waals surface area contributed by atoms with Crippen molar-refractivity contribution in [3.05, 3.63) is 0 Å². The molecule has 0 saturated carbocycles. The molecule has 9 heteroatoms. The minimum absolute atomic E-state index is 1.12. The second-order valence-electron chi connectivity index (χ2n) is 4.01. The average molecular weight is 188 g/mol. The summed E-state index contributed by atoms with van der Waals surface area (Å²) in [7, 11) is 15.2. The van der Waals surface area contributed by atoms with E-state index < -0.39 is 0 Å². The van der Waals surface area contributed by atoms with Crippen molar-refractivity contribution in [1.29, 1.82) is 0 Å². The normalized spacial score (nSPS) is 9.13. The van der Waals surface area contributed by atoms with Crippen LogP contribution in [0.15, 0.2) is 0 Å². The molecule has 0 aliphatic carbocycles. The molecule has 0 bridgehead atoms. The maximum absolute atomic E-state index is 3.94. The Balaban J connectivity index is 3.37. The number of aromatic nitrogens is 1. The first-order valence-corrected chi connectivity index (χ1v) is 6.02. The van der Waals surface area contributed by atoms with Crippen LogP contribution in [0.1, 0.15) is 0 Å². The van der Waals surface area contributed by atoms with Crippen molar-refractivity contribution in [1.82, 2.24) is 4.57 Å². The van der Waals surface area contributed by atoms with Crippen LogP contribution in [-0.2, 0) is 7.05 Å². The SMILES string of the molecule is B=Bc1c(BBC)c(BB)c(BB)n1C. The maximum atomic E-state index is 3.94. The monoisotopic (exact) mass is 189 g/mol. The predicted molar refractivity (Wildman–Crippen MR) is 88.4 cm³/mol. The molecule has 68 valence electrons. The van der Waals surface area contributed by atoms with E-state index in [1.54, 1.807) is 5.46 Å². The van der Waals surface area contributed by atoms with E-state index in [-0.39, 0.29) is 0 Å². The van der Waals surface area contributed by atoms with Crippen molar-refractivity contribution in [3.8, 4) is 0 Å². The Morgan fingerprint density at radius 1 is 1.27 bits per heavy atom. The summed E-state index contributed by atoms with van der Waals surface area (Å²) >= 11 is 0. The zero-order valence-corrected chi connectivity index (χ0v) is 10.6. The van der Waals surface area contributed by atoms with Crippen molar-refractivity contribution < 1.29 is 0 Å². The molecule has 0 saturated heterocycles. The van der Waals surface area contributed by atoms with Crippen LogP contribution < -0.4 is 22.1 Å². The number of hydrogen-bond donors (Lipinski definition) is 0. The molecule has 0 amide bonds. The summed E-state index contributed by atoms with van der Waals surface area (Å²) in [6.07, 6.45) is 0. The Labute approximate surface area is 99.2 Å². The summed E-state index contributed by atoms with van der Waals surface area (Å²) in [6, 6.07) is 0. The van der Waals surface area contributed by atoms with Crippen molar-refractivity contribution >= 4 is 80.4 Å². The van der Waals surface area contributed by atoms with Crippen LogP contribution in [0.3, 0.4) is 0 Å². The van der Waals surface area contributed by atoms with Gasteiger partial charge in [0, 0.05) is 0 Å². The average Bonchev–Trinajstić information content (AvgIpc) is 2.50. The van der Waals surface area contributed by atoms with Gasteiger partial charge in [0.1, 0.15) is 0 Å². The van der Waals surface area contributed by atoms with Gasteiger partial charge in [-0.25, -0.2) is 0 Å². The van der Waals surface area contributed by atoms with E-state index >= 15 is 0 Å². The van der Waals surface area contributed by atoms with Crippen LogP contribution in [0.25, 0.3) is 0 Å². The molecular formula is C6H15B8N. The Kier molecular flexibility index (Phi) is 4.95. The third-order valence-corrected chi connectivity index (χ3v) is 3.17. The summed E-state index contributed by atoms with van der Waals surface area (Å²) < 4.78 is 2.32. The molecule has 0 aromatic carbocycles. The van der Waals surface area contributed by atoms with Crippen molar-refractivity contribution in [2.24, 2.45) is 7.05 Å². The van der Waals surface area contributed by atoms with Gasteiger partial charge < -0.3 is 0 Å². The first kappa shape index (κ1) is 12.9. The van der Waals surface area contributed by atoms with Crippen LogP contribution in [0, 0.1) is 0 Å². The molecule has 0 unspecified atom stereocenters.